The Hall–Kier alpha value is -4.10. The van der Waals surface area contributed by atoms with Crippen molar-refractivity contribution < 1.29 is 14.3 Å². The first-order valence-corrected chi connectivity index (χ1v) is 13.4. The van der Waals surface area contributed by atoms with Gasteiger partial charge in [0.1, 0.15) is 18.1 Å². The van der Waals surface area contributed by atoms with Crippen LogP contribution in [0.5, 0.6) is 5.75 Å². The summed E-state index contributed by atoms with van der Waals surface area (Å²) >= 11 is 5.93. The van der Waals surface area contributed by atoms with Crippen molar-refractivity contribution in [1.29, 1.82) is 0 Å². The number of hydrogen-bond acceptors (Lipinski definition) is 4. The Labute approximate surface area is 234 Å². The number of carbonyl (C=O) groups is 2. The van der Waals surface area contributed by atoms with E-state index in [0.717, 1.165) is 40.9 Å². The van der Waals surface area contributed by atoms with Gasteiger partial charge in [-0.1, -0.05) is 73.5 Å². The highest BCUT2D eigenvalue weighted by molar-refractivity contribution is 6.30. The molecule has 0 spiro atoms. The number of rotatable bonds is 11. The quantitative estimate of drug-likeness (QED) is 0.235. The second-order valence-electron chi connectivity index (χ2n) is 9.33. The van der Waals surface area contributed by atoms with Crippen LogP contribution in [0.4, 0.5) is 5.82 Å². The Morgan fingerprint density at radius 3 is 2.36 bits per heavy atom. The number of para-hydroxylation sites is 1. The molecule has 0 fully saturated rings. The maximum Gasteiger partial charge on any atom is 0.260 e. The van der Waals surface area contributed by atoms with E-state index in [9.17, 15) is 9.59 Å². The number of anilines is 1. The fourth-order valence-corrected chi connectivity index (χ4v) is 4.45. The number of halogens is 1. The van der Waals surface area contributed by atoms with Gasteiger partial charge >= 0.3 is 0 Å². The molecule has 0 aliphatic rings. The molecule has 39 heavy (non-hydrogen) atoms. The lowest BCUT2D eigenvalue weighted by atomic mass is 10.1. The molecular weight excluding hydrogens is 512 g/mol. The predicted molar refractivity (Wildman–Crippen MR) is 156 cm³/mol. The van der Waals surface area contributed by atoms with Gasteiger partial charge in [-0.3, -0.25) is 9.59 Å². The van der Waals surface area contributed by atoms with Crippen LogP contribution in [0.3, 0.4) is 0 Å². The third-order valence-corrected chi connectivity index (χ3v) is 6.62. The van der Waals surface area contributed by atoms with Gasteiger partial charge in [-0.2, -0.15) is 5.10 Å². The maximum absolute atomic E-state index is 13.5. The molecule has 3 aromatic carbocycles. The van der Waals surface area contributed by atoms with Gasteiger partial charge in [0, 0.05) is 17.1 Å². The number of ether oxygens (including phenoxy) is 1. The third kappa shape index (κ3) is 7.06. The first kappa shape index (κ1) is 27.9. The van der Waals surface area contributed by atoms with E-state index in [2.05, 4.69) is 5.32 Å². The molecule has 7 nitrogen and oxygen atoms in total. The van der Waals surface area contributed by atoms with E-state index >= 15 is 0 Å². The zero-order valence-electron chi connectivity index (χ0n) is 22.5. The van der Waals surface area contributed by atoms with Crippen LogP contribution in [0.1, 0.15) is 31.0 Å². The lowest BCUT2D eigenvalue weighted by molar-refractivity contribution is -0.136. The summed E-state index contributed by atoms with van der Waals surface area (Å²) in [5, 5.41) is 8.46. The number of nitrogens with zero attached hydrogens (tertiary/aromatic N) is 3. The Bertz CT molecular complexity index is 1420. The Morgan fingerprint density at radius 1 is 0.974 bits per heavy atom. The Balaban J connectivity index is 1.58. The minimum absolute atomic E-state index is 0.102. The molecule has 1 aromatic heterocycles. The van der Waals surface area contributed by atoms with Gasteiger partial charge in [0.05, 0.1) is 11.4 Å². The summed E-state index contributed by atoms with van der Waals surface area (Å²) in [5.41, 5.74) is 4.46. The molecule has 0 atom stereocenters. The van der Waals surface area contributed by atoms with Gasteiger partial charge < -0.3 is 15.0 Å². The lowest BCUT2D eigenvalue weighted by Crippen LogP contribution is -2.41. The van der Waals surface area contributed by atoms with Crippen molar-refractivity contribution >= 4 is 29.2 Å². The second kappa shape index (κ2) is 13.1. The maximum atomic E-state index is 13.5. The zero-order chi connectivity index (χ0) is 27.8. The number of nitrogens with one attached hydrogen (secondary N) is 1. The minimum Gasteiger partial charge on any atom is -0.484 e. The topological polar surface area (TPSA) is 76.5 Å². The molecule has 0 aliphatic carbocycles. The molecule has 4 rings (SSSR count). The summed E-state index contributed by atoms with van der Waals surface area (Å²) in [6, 6.07) is 24.6. The molecule has 202 valence electrons. The highest BCUT2D eigenvalue weighted by atomic mass is 35.5. The van der Waals surface area contributed by atoms with E-state index in [1.165, 1.54) is 4.90 Å². The molecule has 0 bridgehead atoms. The van der Waals surface area contributed by atoms with Gasteiger partial charge in [0.2, 0.25) is 5.91 Å². The average Bonchev–Trinajstić information content (AvgIpc) is 3.26. The molecular formula is C31H33ClN4O3. The Kier molecular flexibility index (Phi) is 9.39. The van der Waals surface area contributed by atoms with E-state index in [1.54, 1.807) is 28.9 Å². The predicted octanol–water partition coefficient (Wildman–Crippen LogP) is 6.46. The van der Waals surface area contributed by atoms with Crippen molar-refractivity contribution in [2.45, 2.75) is 33.6 Å². The van der Waals surface area contributed by atoms with Crippen molar-refractivity contribution in [2.24, 2.45) is 0 Å². The monoisotopic (exact) mass is 544 g/mol. The molecule has 0 saturated heterocycles. The lowest BCUT2D eigenvalue weighted by Gasteiger charge is -2.22. The van der Waals surface area contributed by atoms with Gasteiger partial charge in [0.25, 0.3) is 5.91 Å². The second-order valence-corrected chi connectivity index (χ2v) is 9.77. The summed E-state index contributed by atoms with van der Waals surface area (Å²) in [5.74, 6) is 0.536. The van der Waals surface area contributed by atoms with E-state index in [4.69, 9.17) is 21.4 Å². The smallest absolute Gasteiger partial charge is 0.260 e. The van der Waals surface area contributed by atoms with Crippen LogP contribution >= 0.6 is 11.6 Å². The number of carbonyl (C=O) groups excluding carboxylic acids is 2. The third-order valence-electron chi connectivity index (χ3n) is 6.37. The molecule has 2 amide bonds. The number of benzene rings is 3. The van der Waals surface area contributed by atoms with Crippen LogP contribution < -0.4 is 10.1 Å². The highest BCUT2D eigenvalue weighted by Gasteiger charge is 2.23. The normalized spacial score (nSPS) is 10.8. The summed E-state index contributed by atoms with van der Waals surface area (Å²) in [4.78, 5) is 28.1. The van der Waals surface area contributed by atoms with Crippen molar-refractivity contribution in [3.8, 4) is 22.6 Å². The van der Waals surface area contributed by atoms with Crippen molar-refractivity contribution in [3.05, 3.63) is 95.1 Å². The van der Waals surface area contributed by atoms with E-state index in [1.807, 2.05) is 75.4 Å². The zero-order valence-corrected chi connectivity index (χ0v) is 23.2. The number of hydrogen-bond donors (Lipinski definition) is 1. The van der Waals surface area contributed by atoms with Crippen molar-refractivity contribution in [2.75, 3.05) is 25.0 Å². The fraction of sp³-hybridized carbons (Fsp3) is 0.258. The molecule has 0 radical (unpaired) electrons. The molecule has 0 saturated carbocycles. The van der Waals surface area contributed by atoms with E-state index in [-0.39, 0.29) is 25.0 Å². The average molecular weight is 545 g/mol. The van der Waals surface area contributed by atoms with Gasteiger partial charge in [-0.25, -0.2) is 4.68 Å². The van der Waals surface area contributed by atoms with Crippen LogP contribution in [0.25, 0.3) is 16.8 Å². The minimum atomic E-state index is -0.308. The summed E-state index contributed by atoms with van der Waals surface area (Å²) in [6.07, 6.45) is 1.66. The van der Waals surface area contributed by atoms with Crippen LogP contribution in [0.15, 0.2) is 78.9 Å². The van der Waals surface area contributed by atoms with E-state index in [0.29, 0.717) is 23.1 Å². The molecule has 8 heteroatoms. The highest BCUT2D eigenvalue weighted by Crippen LogP contribution is 2.34. The molecule has 1 N–H and O–H groups in total. The number of unbranched alkanes of at least 4 members (excludes halogenated alkanes) is 1. The Morgan fingerprint density at radius 2 is 1.67 bits per heavy atom. The van der Waals surface area contributed by atoms with Gasteiger partial charge in [0.15, 0.2) is 6.61 Å². The van der Waals surface area contributed by atoms with Crippen LogP contribution in [0.2, 0.25) is 5.02 Å². The molecule has 0 aliphatic heterocycles. The van der Waals surface area contributed by atoms with E-state index < -0.39 is 0 Å². The van der Waals surface area contributed by atoms with Crippen molar-refractivity contribution in [1.82, 2.24) is 14.7 Å². The van der Waals surface area contributed by atoms with Gasteiger partial charge in [-0.15, -0.1) is 0 Å². The molecule has 1 heterocycles. The van der Waals surface area contributed by atoms with Crippen molar-refractivity contribution in [3.63, 3.8) is 0 Å². The summed E-state index contributed by atoms with van der Waals surface area (Å²) < 4.78 is 7.43. The summed E-state index contributed by atoms with van der Waals surface area (Å²) in [7, 11) is 0. The SMILES string of the molecule is CCCCN(CC(=O)Nc1c(-c2ccccc2)c(C)nn1-c1ccccc1C)C(=O)COc1ccc(Cl)cc1. The fourth-order valence-electron chi connectivity index (χ4n) is 4.32. The van der Waals surface area contributed by atoms with Crippen LogP contribution in [0, 0.1) is 13.8 Å². The number of aryl methyl sites for hydroxylation is 2. The molecule has 0 unspecified atom stereocenters. The standard InChI is InChI=1S/C31H33ClN4O3/c1-4-5-19-35(29(38)21-39-26-17-15-25(32)16-18-26)20-28(37)33-31-30(24-12-7-6-8-13-24)23(3)34-36(31)27-14-10-9-11-22(27)2/h6-18H,4-5,19-21H2,1-3H3,(H,33,37). The van der Waals surface area contributed by atoms with Crippen LogP contribution in [-0.4, -0.2) is 46.2 Å². The number of aromatic nitrogens is 2. The first-order chi connectivity index (χ1) is 18.9. The first-order valence-electron chi connectivity index (χ1n) is 13.0. The van der Waals surface area contributed by atoms with Gasteiger partial charge in [-0.05, 0) is 61.7 Å². The summed E-state index contributed by atoms with van der Waals surface area (Å²) in [6.45, 7) is 6.16. The number of amides is 2. The largest absolute Gasteiger partial charge is 0.484 e. The molecule has 4 aromatic rings. The van der Waals surface area contributed by atoms with Crippen LogP contribution in [-0.2, 0) is 9.59 Å².